The zero-order valence-electron chi connectivity index (χ0n) is 11.2. The second kappa shape index (κ2) is 4.71. The standard InChI is InChI=1S/C16H10BrN3O2/c17-8-5-6-12-10(7-8)14(20-22)15(18-12)13-9-3-1-2-4-11(9)19-16(13)21/h1-7,18-19,21H. The average molecular weight is 356 g/mol. The molecule has 0 radical (unpaired) electrons. The Labute approximate surface area is 133 Å². The Balaban J connectivity index is 2.12. The quantitative estimate of drug-likeness (QED) is 0.433. The summed E-state index contributed by atoms with van der Waals surface area (Å²) in [5, 5.41) is 15.0. The number of hydrogen-bond acceptors (Lipinski definition) is 3. The number of hydrogen-bond donors (Lipinski definition) is 3. The van der Waals surface area contributed by atoms with Crippen LogP contribution in [0.4, 0.5) is 5.69 Å². The van der Waals surface area contributed by atoms with E-state index in [4.69, 9.17) is 0 Å². The van der Waals surface area contributed by atoms with Gasteiger partial charge in [0, 0.05) is 26.3 Å². The summed E-state index contributed by atoms with van der Waals surface area (Å²) in [5.41, 5.74) is 2.94. The summed E-state index contributed by atoms with van der Waals surface area (Å²) in [6, 6.07) is 13.1. The maximum absolute atomic E-state index is 11.4. The largest absolute Gasteiger partial charge is 0.494 e. The molecule has 0 bridgehead atoms. The number of nitrogens with one attached hydrogen (secondary N) is 2. The summed E-state index contributed by atoms with van der Waals surface area (Å²) in [7, 11) is 0. The van der Waals surface area contributed by atoms with Crippen molar-refractivity contribution in [2.75, 3.05) is 0 Å². The van der Waals surface area contributed by atoms with Gasteiger partial charge >= 0.3 is 0 Å². The van der Waals surface area contributed by atoms with Crippen molar-refractivity contribution >= 4 is 43.4 Å². The Morgan fingerprint density at radius 3 is 2.59 bits per heavy atom. The van der Waals surface area contributed by atoms with Crippen molar-refractivity contribution in [3.05, 3.63) is 51.8 Å². The smallest absolute Gasteiger partial charge is 0.199 e. The number of benzene rings is 2. The fourth-order valence-corrected chi connectivity index (χ4v) is 3.17. The van der Waals surface area contributed by atoms with Crippen molar-refractivity contribution in [3.63, 3.8) is 0 Å². The van der Waals surface area contributed by atoms with E-state index < -0.39 is 0 Å². The molecule has 0 aliphatic heterocycles. The topological polar surface area (TPSA) is 81.2 Å². The third-order valence-corrected chi connectivity index (χ3v) is 4.25. The molecule has 2 heterocycles. The van der Waals surface area contributed by atoms with Crippen LogP contribution in [0.5, 0.6) is 5.88 Å². The minimum absolute atomic E-state index is 0.0109. The van der Waals surface area contributed by atoms with Gasteiger partial charge in [-0.05, 0) is 29.4 Å². The Morgan fingerprint density at radius 2 is 1.77 bits per heavy atom. The predicted octanol–water partition coefficient (Wildman–Crippen LogP) is 5.18. The van der Waals surface area contributed by atoms with Crippen LogP contribution in [0.3, 0.4) is 0 Å². The Hall–Kier alpha value is -2.60. The number of para-hydroxylation sites is 1. The highest BCUT2D eigenvalue weighted by Crippen LogP contribution is 2.44. The molecule has 0 aliphatic carbocycles. The molecule has 22 heavy (non-hydrogen) atoms. The molecule has 0 unspecified atom stereocenters. The van der Waals surface area contributed by atoms with Crippen molar-refractivity contribution in [2.45, 2.75) is 0 Å². The maximum atomic E-state index is 11.4. The zero-order valence-corrected chi connectivity index (χ0v) is 12.8. The number of aromatic amines is 2. The average Bonchev–Trinajstić information content (AvgIpc) is 3.02. The van der Waals surface area contributed by atoms with E-state index in [0.29, 0.717) is 16.6 Å². The second-order valence-corrected chi connectivity index (χ2v) is 5.94. The molecule has 0 spiro atoms. The number of aromatic hydroxyl groups is 1. The van der Waals surface area contributed by atoms with E-state index >= 15 is 0 Å². The van der Waals surface area contributed by atoms with Gasteiger partial charge in [-0.15, -0.1) is 4.91 Å². The fraction of sp³-hybridized carbons (Fsp3) is 0. The van der Waals surface area contributed by atoms with E-state index in [-0.39, 0.29) is 11.6 Å². The van der Waals surface area contributed by atoms with E-state index in [0.717, 1.165) is 20.9 Å². The van der Waals surface area contributed by atoms with Crippen LogP contribution in [0, 0.1) is 4.91 Å². The number of fused-ring (bicyclic) bond motifs is 2. The summed E-state index contributed by atoms with van der Waals surface area (Å²) < 4.78 is 0.860. The third kappa shape index (κ3) is 1.77. The fourth-order valence-electron chi connectivity index (χ4n) is 2.81. The van der Waals surface area contributed by atoms with Crippen molar-refractivity contribution < 1.29 is 5.11 Å². The molecule has 0 saturated heterocycles. The number of nitrogens with zero attached hydrogens (tertiary/aromatic N) is 1. The van der Waals surface area contributed by atoms with Gasteiger partial charge in [0.05, 0.1) is 11.3 Å². The van der Waals surface area contributed by atoms with E-state index in [9.17, 15) is 10.0 Å². The van der Waals surface area contributed by atoms with E-state index in [1.807, 2.05) is 42.5 Å². The summed E-state index contributed by atoms with van der Waals surface area (Å²) in [4.78, 5) is 17.5. The molecular weight excluding hydrogens is 346 g/mol. The monoisotopic (exact) mass is 355 g/mol. The minimum Gasteiger partial charge on any atom is -0.494 e. The van der Waals surface area contributed by atoms with Gasteiger partial charge < -0.3 is 15.1 Å². The minimum atomic E-state index is 0.0109. The van der Waals surface area contributed by atoms with Crippen LogP contribution in [0.2, 0.25) is 0 Å². The summed E-state index contributed by atoms with van der Waals surface area (Å²) in [6.07, 6.45) is 0. The molecule has 6 heteroatoms. The van der Waals surface area contributed by atoms with E-state index in [1.54, 1.807) is 0 Å². The van der Waals surface area contributed by atoms with Gasteiger partial charge in [-0.25, -0.2) is 0 Å². The molecule has 0 atom stereocenters. The molecule has 3 N–H and O–H groups in total. The molecule has 2 aromatic heterocycles. The van der Waals surface area contributed by atoms with Crippen molar-refractivity contribution in [1.29, 1.82) is 0 Å². The number of H-pyrrole nitrogens is 2. The number of aromatic nitrogens is 2. The van der Waals surface area contributed by atoms with Gasteiger partial charge in [-0.2, -0.15) is 0 Å². The first-order valence-corrected chi connectivity index (χ1v) is 7.43. The van der Waals surface area contributed by atoms with Crippen LogP contribution in [0.15, 0.2) is 52.1 Å². The van der Waals surface area contributed by atoms with Gasteiger partial charge in [-0.1, -0.05) is 34.1 Å². The Morgan fingerprint density at radius 1 is 1.00 bits per heavy atom. The highest BCUT2D eigenvalue weighted by molar-refractivity contribution is 9.10. The molecule has 0 amide bonds. The molecule has 4 aromatic rings. The van der Waals surface area contributed by atoms with Crippen LogP contribution < -0.4 is 0 Å². The number of nitroso groups, excluding NO2 is 1. The molecule has 4 rings (SSSR count). The first kappa shape index (κ1) is 13.1. The normalized spacial score (nSPS) is 11.3. The van der Waals surface area contributed by atoms with Crippen LogP contribution >= 0.6 is 15.9 Å². The first-order valence-electron chi connectivity index (χ1n) is 6.63. The van der Waals surface area contributed by atoms with Gasteiger partial charge in [0.15, 0.2) is 5.88 Å². The predicted molar refractivity (Wildman–Crippen MR) is 90.4 cm³/mol. The summed E-state index contributed by atoms with van der Waals surface area (Å²) in [5.74, 6) is 0.0109. The summed E-state index contributed by atoms with van der Waals surface area (Å²) in [6.45, 7) is 0. The SMILES string of the molecule is O=Nc1c(-c2c(O)[nH]c3ccccc23)[nH]c2ccc(Br)cc12. The molecule has 2 aromatic carbocycles. The van der Waals surface area contributed by atoms with E-state index in [1.165, 1.54) is 0 Å². The lowest BCUT2D eigenvalue weighted by atomic mass is 10.1. The Bertz CT molecular complexity index is 1030. The second-order valence-electron chi connectivity index (χ2n) is 5.02. The Kier molecular flexibility index (Phi) is 2.80. The maximum Gasteiger partial charge on any atom is 0.199 e. The number of rotatable bonds is 2. The molecule has 0 aliphatic rings. The summed E-state index contributed by atoms with van der Waals surface area (Å²) >= 11 is 3.39. The first-order chi connectivity index (χ1) is 10.7. The molecular formula is C16H10BrN3O2. The van der Waals surface area contributed by atoms with Gasteiger partial charge in [-0.3, -0.25) is 0 Å². The van der Waals surface area contributed by atoms with Crippen molar-refractivity contribution in [2.24, 2.45) is 5.18 Å². The van der Waals surface area contributed by atoms with Crippen LogP contribution in [-0.4, -0.2) is 15.1 Å². The van der Waals surface area contributed by atoms with E-state index in [2.05, 4.69) is 31.1 Å². The van der Waals surface area contributed by atoms with Gasteiger partial charge in [0.25, 0.3) is 0 Å². The van der Waals surface area contributed by atoms with Crippen LogP contribution in [0.25, 0.3) is 33.1 Å². The van der Waals surface area contributed by atoms with Crippen molar-refractivity contribution in [3.8, 4) is 17.1 Å². The zero-order chi connectivity index (χ0) is 15.3. The van der Waals surface area contributed by atoms with Gasteiger partial charge in [0.2, 0.25) is 0 Å². The highest BCUT2D eigenvalue weighted by atomic mass is 79.9. The van der Waals surface area contributed by atoms with Crippen molar-refractivity contribution in [1.82, 2.24) is 9.97 Å². The lowest BCUT2D eigenvalue weighted by Crippen LogP contribution is -1.77. The third-order valence-electron chi connectivity index (χ3n) is 3.76. The van der Waals surface area contributed by atoms with Gasteiger partial charge in [0.1, 0.15) is 5.69 Å². The molecule has 0 saturated carbocycles. The molecule has 108 valence electrons. The number of halogens is 1. The van der Waals surface area contributed by atoms with Crippen LogP contribution in [-0.2, 0) is 0 Å². The van der Waals surface area contributed by atoms with Crippen LogP contribution in [0.1, 0.15) is 0 Å². The molecule has 5 nitrogen and oxygen atoms in total. The lowest BCUT2D eigenvalue weighted by molar-refractivity contribution is 0.460. The highest BCUT2D eigenvalue weighted by Gasteiger charge is 2.21. The lowest BCUT2D eigenvalue weighted by Gasteiger charge is -1.98. The molecule has 0 fully saturated rings.